The number of carbonyl (C=O) groups excluding carboxylic acids is 1. The number of primary amides is 1. The summed E-state index contributed by atoms with van der Waals surface area (Å²) in [6.45, 7) is 4.12. The molecule has 0 aliphatic heterocycles. The average Bonchev–Trinajstić information content (AvgIpc) is 3.23. The highest BCUT2D eigenvalue weighted by Gasteiger charge is 2.17. The summed E-state index contributed by atoms with van der Waals surface area (Å²) >= 11 is 1.37. The van der Waals surface area contributed by atoms with Gasteiger partial charge in [-0.05, 0) is 31.5 Å². The number of nitrogens with one attached hydrogen (secondary N) is 1. The Morgan fingerprint density at radius 3 is 2.27 bits per heavy atom. The molecule has 3 aromatic carbocycles. The molecule has 0 atom stereocenters. The molecule has 0 aliphatic rings. The van der Waals surface area contributed by atoms with E-state index in [0.29, 0.717) is 10.8 Å². The van der Waals surface area contributed by atoms with Gasteiger partial charge in [-0.3, -0.25) is 4.79 Å². The van der Waals surface area contributed by atoms with Crippen molar-refractivity contribution in [2.45, 2.75) is 13.8 Å². The molecule has 1 amide bonds. The van der Waals surface area contributed by atoms with Crippen LogP contribution >= 0.6 is 11.3 Å². The molecule has 162 valence electrons. The summed E-state index contributed by atoms with van der Waals surface area (Å²) in [7, 11) is 0. The molecule has 5 aromatic rings. The summed E-state index contributed by atoms with van der Waals surface area (Å²) in [5, 5.41) is 4.35. The number of hydrogen-bond acceptors (Lipinski definition) is 5. The summed E-state index contributed by atoms with van der Waals surface area (Å²) in [4.78, 5) is 23.0. The Balaban J connectivity index is 1.65. The monoisotopic (exact) mass is 450 g/mol. The number of benzene rings is 3. The molecule has 0 aliphatic carbocycles. The van der Waals surface area contributed by atoms with Gasteiger partial charge in [0.05, 0.1) is 26.7 Å². The topological polar surface area (TPSA) is 80.9 Å². The Kier molecular flexibility index (Phi) is 5.36. The number of para-hydroxylation sites is 1. The summed E-state index contributed by atoms with van der Waals surface area (Å²) < 4.78 is 0. The van der Waals surface area contributed by atoms with Gasteiger partial charge >= 0.3 is 0 Å². The third-order valence-electron chi connectivity index (χ3n) is 5.36. The zero-order valence-electron chi connectivity index (χ0n) is 18.3. The number of fused-ring (bicyclic) bond motifs is 1. The first-order valence-electron chi connectivity index (χ1n) is 10.6. The second-order valence-electron chi connectivity index (χ2n) is 8.00. The summed E-state index contributed by atoms with van der Waals surface area (Å²) in [5.74, 6) is 0.00933. The molecule has 2 aromatic heterocycles. The standard InChI is InChI=1S/C27H22N4OS/c1-16-12-17(2)14-19(13-16)25-22(15-23(33-25)26(28)32)30-27-29-21-11-7-6-10-20(21)24(31-27)18-8-4-3-5-9-18/h3-15H,1-2H3,(H2,28,32)(H,29,30,31). The van der Waals surface area contributed by atoms with Crippen LogP contribution in [0.15, 0.2) is 78.9 Å². The first-order chi connectivity index (χ1) is 16.0. The lowest BCUT2D eigenvalue weighted by molar-refractivity contribution is 0.100. The van der Waals surface area contributed by atoms with E-state index in [1.807, 2.05) is 54.6 Å². The Bertz CT molecular complexity index is 1470. The smallest absolute Gasteiger partial charge is 0.258 e. The van der Waals surface area contributed by atoms with Crippen molar-refractivity contribution in [1.82, 2.24) is 9.97 Å². The minimum atomic E-state index is -0.455. The van der Waals surface area contributed by atoms with Gasteiger partial charge in [0.2, 0.25) is 5.95 Å². The maximum atomic E-state index is 12.0. The lowest BCUT2D eigenvalue weighted by Crippen LogP contribution is -2.08. The molecule has 0 saturated carbocycles. The zero-order valence-corrected chi connectivity index (χ0v) is 19.1. The van der Waals surface area contributed by atoms with E-state index in [1.54, 1.807) is 6.07 Å². The van der Waals surface area contributed by atoms with Crippen molar-refractivity contribution in [3.63, 3.8) is 0 Å². The SMILES string of the molecule is Cc1cc(C)cc(-c2sc(C(N)=O)cc2Nc2nc(-c3ccccc3)c3ccccc3n2)c1. The van der Waals surface area contributed by atoms with E-state index in [0.717, 1.165) is 49.4 Å². The molecule has 6 heteroatoms. The number of nitrogens with zero attached hydrogens (tertiary/aromatic N) is 2. The van der Waals surface area contributed by atoms with Crippen molar-refractivity contribution < 1.29 is 4.79 Å². The first-order valence-corrected chi connectivity index (χ1v) is 11.4. The molecular formula is C27H22N4OS. The molecular weight excluding hydrogens is 428 g/mol. The minimum absolute atomic E-state index is 0.455. The van der Waals surface area contributed by atoms with Gasteiger partial charge in [-0.15, -0.1) is 11.3 Å². The molecule has 33 heavy (non-hydrogen) atoms. The fourth-order valence-corrected chi connectivity index (χ4v) is 4.95. The zero-order chi connectivity index (χ0) is 22.9. The predicted octanol–water partition coefficient (Wildman–Crippen LogP) is 6.48. The normalized spacial score (nSPS) is 11.0. The van der Waals surface area contributed by atoms with Gasteiger partial charge in [0.1, 0.15) is 0 Å². The lowest BCUT2D eigenvalue weighted by Gasteiger charge is -2.11. The highest BCUT2D eigenvalue weighted by atomic mass is 32.1. The summed E-state index contributed by atoms with van der Waals surface area (Å²) in [5.41, 5.74) is 12.4. The maximum absolute atomic E-state index is 12.0. The predicted molar refractivity (Wildman–Crippen MR) is 136 cm³/mol. The van der Waals surface area contributed by atoms with Gasteiger partial charge in [-0.1, -0.05) is 77.9 Å². The number of rotatable bonds is 5. The van der Waals surface area contributed by atoms with Crippen LogP contribution in [0.1, 0.15) is 20.8 Å². The number of amides is 1. The average molecular weight is 451 g/mol. The van der Waals surface area contributed by atoms with E-state index in [4.69, 9.17) is 15.7 Å². The lowest BCUT2D eigenvalue weighted by atomic mass is 10.1. The van der Waals surface area contributed by atoms with E-state index < -0.39 is 5.91 Å². The first kappa shape index (κ1) is 20.8. The van der Waals surface area contributed by atoms with Crippen molar-refractivity contribution in [2.24, 2.45) is 5.73 Å². The Morgan fingerprint density at radius 2 is 1.55 bits per heavy atom. The third-order valence-corrected chi connectivity index (χ3v) is 6.55. The van der Waals surface area contributed by atoms with Crippen LogP contribution in [-0.4, -0.2) is 15.9 Å². The quantitative estimate of drug-likeness (QED) is 0.321. The molecule has 0 bridgehead atoms. The van der Waals surface area contributed by atoms with E-state index >= 15 is 0 Å². The fourth-order valence-electron chi connectivity index (χ4n) is 3.99. The van der Waals surface area contributed by atoms with E-state index in [2.05, 4.69) is 37.4 Å². The molecule has 0 fully saturated rings. The van der Waals surface area contributed by atoms with Crippen LogP contribution in [-0.2, 0) is 0 Å². The van der Waals surface area contributed by atoms with Crippen molar-refractivity contribution >= 4 is 39.8 Å². The van der Waals surface area contributed by atoms with Crippen LogP contribution < -0.4 is 11.1 Å². The Morgan fingerprint density at radius 1 is 0.848 bits per heavy atom. The second-order valence-corrected chi connectivity index (χ2v) is 9.05. The molecule has 0 saturated heterocycles. The highest BCUT2D eigenvalue weighted by molar-refractivity contribution is 7.18. The number of nitrogens with two attached hydrogens (primary N) is 1. The molecule has 0 radical (unpaired) electrons. The number of aromatic nitrogens is 2. The molecule has 0 unspecified atom stereocenters. The minimum Gasteiger partial charge on any atom is -0.365 e. The number of thiophene rings is 1. The second kappa shape index (κ2) is 8.48. The van der Waals surface area contributed by atoms with Gasteiger partial charge < -0.3 is 11.1 Å². The van der Waals surface area contributed by atoms with Crippen molar-refractivity contribution in [1.29, 1.82) is 0 Å². The largest absolute Gasteiger partial charge is 0.365 e. The fraction of sp³-hybridized carbons (Fsp3) is 0.0741. The van der Waals surface area contributed by atoms with Crippen molar-refractivity contribution in [3.8, 4) is 21.7 Å². The third kappa shape index (κ3) is 4.21. The van der Waals surface area contributed by atoms with Crippen LogP contribution in [0.5, 0.6) is 0 Å². The Labute approximate surface area is 196 Å². The molecule has 5 nitrogen and oxygen atoms in total. The van der Waals surface area contributed by atoms with Crippen molar-refractivity contribution in [2.75, 3.05) is 5.32 Å². The number of carbonyl (C=O) groups is 1. The summed E-state index contributed by atoms with van der Waals surface area (Å²) in [6, 6.07) is 26.1. The highest BCUT2D eigenvalue weighted by Crippen LogP contribution is 2.39. The van der Waals surface area contributed by atoms with E-state index in [1.165, 1.54) is 11.3 Å². The van der Waals surface area contributed by atoms with Crippen LogP contribution in [0.4, 0.5) is 11.6 Å². The molecule has 2 heterocycles. The Hall–Kier alpha value is -4.03. The van der Waals surface area contributed by atoms with Crippen LogP contribution in [0.2, 0.25) is 0 Å². The van der Waals surface area contributed by atoms with Gasteiger partial charge in [0.15, 0.2) is 0 Å². The number of aryl methyl sites for hydroxylation is 2. The van der Waals surface area contributed by atoms with Crippen LogP contribution in [0.25, 0.3) is 32.6 Å². The summed E-state index contributed by atoms with van der Waals surface area (Å²) in [6.07, 6.45) is 0. The van der Waals surface area contributed by atoms with Crippen LogP contribution in [0.3, 0.4) is 0 Å². The van der Waals surface area contributed by atoms with Crippen molar-refractivity contribution in [3.05, 3.63) is 94.9 Å². The number of anilines is 2. The van der Waals surface area contributed by atoms with Crippen LogP contribution in [0, 0.1) is 13.8 Å². The molecule has 5 rings (SSSR count). The van der Waals surface area contributed by atoms with E-state index in [9.17, 15) is 4.79 Å². The molecule has 3 N–H and O–H groups in total. The van der Waals surface area contributed by atoms with Gasteiger partial charge in [-0.25, -0.2) is 9.97 Å². The molecule has 0 spiro atoms. The number of hydrogen-bond donors (Lipinski definition) is 2. The maximum Gasteiger partial charge on any atom is 0.258 e. The van der Waals surface area contributed by atoms with Gasteiger partial charge in [0.25, 0.3) is 5.91 Å². The van der Waals surface area contributed by atoms with E-state index in [-0.39, 0.29) is 0 Å². The van der Waals surface area contributed by atoms with Gasteiger partial charge in [0, 0.05) is 10.9 Å². The van der Waals surface area contributed by atoms with Gasteiger partial charge in [-0.2, -0.15) is 0 Å².